The number of anilines is 1. The molecule has 2 aromatic rings. The van der Waals surface area contributed by atoms with E-state index in [1.807, 2.05) is 0 Å². The third-order valence-corrected chi connectivity index (χ3v) is 4.12. The van der Waals surface area contributed by atoms with E-state index in [1.165, 1.54) is 30.5 Å². The van der Waals surface area contributed by atoms with Crippen molar-refractivity contribution in [2.45, 2.75) is 18.4 Å². The standard InChI is InChI=1S/C14H16N2O5S/c1-2-20-14(17)16-11-5-7-13(8-6-11)22(18,19)15-10-12-4-3-9-21-12/h3-9,15H,2,10H2,1H3,(H,16,17). The van der Waals surface area contributed by atoms with Gasteiger partial charge in [-0.05, 0) is 43.3 Å². The molecule has 1 aromatic carbocycles. The van der Waals surface area contributed by atoms with Crippen LogP contribution in [0.4, 0.5) is 10.5 Å². The third-order valence-electron chi connectivity index (χ3n) is 2.70. The number of benzene rings is 1. The predicted molar refractivity (Wildman–Crippen MR) is 79.8 cm³/mol. The zero-order chi connectivity index (χ0) is 16.0. The van der Waals surface area contributed by atoms with Gasteiger partial charge in [0.2, 0.25) is 10.0 Å². The highest BCUT2D eigenvalue weighted by Crippen LogP contribution is 2.14. The van der Waals surface area contributed by atoms with E-state index in [2.05, 4.69) is 10.0 Å². The second-order valence-electron chi connectivity index (χ2n) is 4.27. The summed E-state index contributed by atoms with van der Waals surface area (Å²) >= 11 is 0. The monoisotopic (exact) mass is 324 g/mol. The quantitative estimate of drug-likeness (QED) is 0.850. The fraction of sp³-hybridized carbons (Fsp3) is 0.214. The number of furan rings is 1. The number of carbonyl (C=O) groups excluding carboxylic acids is 1. The van der Waals surface area contributed by atoms with Crippen LogP contribution in [0.2, 0.25) is 0 Å². The Labute approximate surface area is 128 Å². The van der Waals surface area contributed by atoms with Crippen molar-refractivity contribution in [3.63, 3.8) is 0 Å². The first-order valence-corrected chi connectivity index (χ1v) is 8.05. The highest BCUT2D eigenvalue weighted by molar-refractivity contribution is 7.89. The molecule has 1 amide bonds. The van der Waals surface area contributed by atoms with Crippen LogP contribution in [-0.2, 0) is 21.3 Å². The van der Waals surface area contributed by atoms with Crippen LogP contribution in [0, 0.1) is 0 Å². The summed E-state index contributed by atoms with van der Waals surface area (Å²) < 4.78 is 36.4. The molecule has 22 heavy (non-hydrogen) atoms. The van der Waals surface area contributed by atoms with Gasteiger partial charge in [-0.15, -0.1) is 0 Å². The Balaban J connectivity index is 2.00. The predicted octanol–water partition coefficient (Wildman–Crippen LogP) is 2.33. The number of sulfonamides is 1. The van der Waals surface area contributed by atoms with Gasteiger partial charge in [0.1, 0.15) is 5.76 Å². The fourth-order valence-corrected chi connectivity index (χ4v) is 2.66. The van der Waals surface area contributed by atoms with Gasteiger partial charge < -0.3 is 9.15 Å². The number of nitrogens with one attached hydrogen (secondary N) is 2. The molecule has 8 heteroatoms. The Morgan fingerprint density at radius 3 is 2.55 bits per heavy atom. The fourth-order valence-electron chi connectivity index (χ4n) is 1.67. The van der Waals surface area contributed by atoms with Crippen molar-refractivity contribution in [1.29, 1.82) is 0 Å². The van der Waals surface area contributed by atoms with Crippen molar-refractivity contribution in [2.75, 3.05) is 11.9 Å². The Kier molecular flexibility index (Phi) is 5.18. The molecule has 0 fully saturated rings. The average molecular weight is 324 g/mol. The zero-order valence-electron chi connectivity index (χ0n) is 11.9. The highest BCUT2D eigenvalue weighted by atomic mass is 32.2. The van der Waals surface area contributed by atoms with E-state index < -0.39 is 16.1 Å². The molecule has 0 saturated heterocycles. The van der Waals surface area contributed by atoms with E-state index in [0.29, 0.717) is 11.4 Å². The highest BCUT2D eigenvalue weighted by Gasteiger charge is 2.14. The zero-order valence-corrected chi connectivity index (χ0v) is 12.7. The van der Waals surface area contributed by atoms with E-state index in [0.717, 1.165) is 0 Å². The molecule has 0 bridgehead atoms. The Hall–Kier alpha value is -2.32. The van der Waals surface area contributed by atoms with Crippen molar-refractivity contribution in [2.24, 2.45) is 0 Å². The smallest absolute Gasteiger partial charge is 0.411 e. The van der Waals surface area contributed by atoms with Crippen molar-refractivity contribution in [3.05, 3.63) is 48.4 Å². The van der Waals surface area contributed by atoms with Gasteiger partial charge >= 0.3 is 6.09 Å². The minimum absolute atomic E-state index is 0.0676. The Morgan fingerprint density at radius 2 is 1.95 bits per heavy atom. The lowest BCUT2D eigenvalue weighted by atomic mass is 10.3. The van der Waals surface area contributed by atoms with Crippen molar-refractivity contribution in [1.82, 2.24) is 4.72 Å². The summed E-state index contributed by atoms with van der Waals surface area (Å²) in [5, 5.41) is 2.48. The minimum atomic E-state index is -3.65. The van der Waals surface area contributed by atoms with Gasteiger partial charge in [0, 0.05) is 5.69 Å². The molecule has 2 rings (SSSR count). The lowest BCUT2D eigenvalue weighted by Gasteiger charge is -2.08. The number of hydrogen-bond acceptors (Lipinski definition) is 5. The molecule has 0 unspecified atom stereocenters. The first-order chi connectivity index (χ1) is 10.5. The molecule has 0 aliphatic rings. The molecule has 7 nitrogen and oxygen atoms in total. The van der Waals surface area contributed by atoms with E-state index in [4.69, 9.17) is 9.15 Å². The molecule has 0 atom stereocenters. The average Bonchev–Trinajstić information content (AvgIpc) is 2.99. The summed E-state index contributed by atoms with van der Waals surface area (Å²) in [5.74, 6) is 0.518. The largest absolute Gasteiger partial charge is 0.468 e. The van der Waals surface area contributed by atoms with Crippen LogP contribution < -0.4 is 10.0 Å². The van der Waals surface area contributed by atoms with Crippen LogP contribution in [0.15, 0.2) is 52.0 Å². The van der Waals surface area contributed by atoms with E-state index in [1.54, 1.807) is 19.1 Å². The van der Waals surface area contributed by atoms with E-state index >= 15 is 0 Å². The summed E-state index contributed by atoms with van der Waals surface area (Å²) in [6.07, 6.45) is 0.883. The van der Waals surface area contributed by atoms with Gasteiger partial charge in [-0.3, -0.25) is 5.32 Å². The number of amides is 1. The Bertz CT molecular complexity index is 708. The Morgan fingerprint density at radius 1 is 1.23 bits per heavy atom. The van der Waals surface area contributed by atoms with Crippen LogP contribution in [0.25, 0.3) is 0 Å². The van der Waals surface area contributed by atoms with Gasteiger partial charge in [0.15, 0.2) is 0 Å². The molecule has 0 aliphatic heterocycles. The molecule has 2 N–H and O–H groups in total. The molecule has 0 aliphatic carbocycles. The van der Waals surface area contributed by atoms with Gasteiger partial charge in [-0.1, -0.05) is 0 Å². The maximum absolute atomic E-state index is 12.1. The lowest BCUT2D eigenvalue weighted by Crippen LogP contribution is -2.23. The number of ether oxygens (including phenoxy) is 1. The van der Waals surface area contributed by atoms with Crippen LogP contribution >= 0.6 is 0 Å². The van der Waals surface area contributed by atoms with E-state index in [-0.39, 0.29) is 18.0 Å². The molecule has 118 valence electrons. The molecule has 0 radical (unpaired) electrons. The van der Waals surface area contributed by atoms with Crippen molar-refractivity contribution >= 4 is 21.8 Å². The van der Waals surface area contributed by atoms with Crippen LogP contribution in [-0.4, -0.2) is 21.1 Å². The van der Waals surface area contributed by atoms with Crippen molar-refractivity contribution < 1.29 is 22.4 Å². The lowest BCUT2D eigenvalue weighted by molar-refractivity contribution is 0.168. The first-order valence-electron chi connectivity index (χ1n) is 6.57. The molecule has 0 saturated carbocycles. The second kappa shape index (κ2) is 7.10. The van der Waals surface area contributed by atoms with Crippen molar-refractivity contribution in [3.8, 4) is 0 Å². The number of carbonyl (C=O) groups is 1. The van der Waals surface area contributed by atoms with Crippen LogP contribution in [0.5, 0.6) is 0 Å². The summed E-state index contributed by atoms with van der Waals surface area (Å²) in [6.45, 7) is 2.02. The molecule has 0 spiro atoms. The second-order valence-corrected chi connectivity index (χ2v) is 6.04. The van der Waals surface area contributed by atoms with Gasteiger partial charge in [-0.2, -0.15) is 0 Å². The normalized spacial score (nSPS) is 11.1. The van der Waals surface area contributed by atoms with Gasteiger partial charge in [0.25, 0.3) is 0 Å². The third kappa shape index (κ3) is 4.34. The van der Waals surface area contributed by atoms with E-state index in [9.17, 15) is 13.2 Å². The number of rotatable bonds is 6. The molecular formula is C14H16N2O5S. The minimum Gasteiger partial charge on any atom is -0.468 e. The summed E-state index contributed by atoms with van der Waals surface area (Å²) in [4.78, 5) is 11.3. The van der Waals surface area contributed by atoms with Crippen LogP contribution in [0.1, 0.15) is 12.7 Å². The molecule has 1 heterocycles. The maximum atomic E-state index is 12.1. The molecular weight excluding hydrogens is 308 g/mol. The summed E-state index contributed by atoms with van der Waals surface area (Å²) in [7, 11) is -3.65. The number of hydrogen-bond donors (Lipinski definition) is 2. The van der Waals surface area contributed by atoms with Gasteiger partial charge in [-0.25, -0.2) is 17.9 Å². The topological polar surface area (TPSA) is 97.6 Å². The first kappa shape index (κ1) is 16.1. The summed E-state index contributed by atoms with van der Waals surface area (Å²) in [5.41, 5.74) is 0.448. The summed E-state index contributed by atoms with van der Waals surface area (Å²) in [6, 6.07) is 9.11. The SMILES string of the molecule is CCOC(=O)Nc1ccc(S(=O)(=O)NCc2ccco2)cc1. The molecule has 1 aromatic heterocycles. The maximum Gasteiger partial charge on any atom is 0.411 e. The van der Waals surface area contributed by atoms with Gasteiger partial charge in [0.05, 0.1) is 24.3 Å². The van der Waals surface area contributed by atoms with Crippen LogP contribution in [0.3, 0.4) is 0 Å².